The lowest BCUT2D eigenvalue weighted by atomic mass is 9.77. The van der Waals surface area contributed by atoms with Gasteiger partial charge < -0.3 is 24.7 Å². The Morgan fingerprint density at radius 1 is 1.12 bits per heavy atom. The van der Waals surface area contributed by atoms with Crippen molar-refractivity contribution in [1.29, 1.82) is 0 Å². The lowest BCUT2D eigenvalue weighted by Crippen LogP contribution is -2.41. The van der Waals surface area contributed by atoms with Crippen molar-refractivity contribution < 1.29 is 29.3 Å². The van der Waals surface area contributed by atoms with Gasteiger partial charge in [0.25, 0.3) is 5.97 Å². The van der Waals surface area contributed by atoms with Crippen LogP contribution >= 0.6 is 0 Å². The minimum atomic E-state index is -0.833. The van der Waals surface area contributed by atoms with E-state index in [2.05, 4.69) is 10.00 Å². The summed E-state index contributed by atoms with van der Waals surface area (Å²) in [5.41, 5.74) is -0.0939. The minimum absolute atomic E-state index is 0.0695. The summed E-state index contributed by atoms with van der Waals surface area (Å²) >= 11 is 0. The molecule has 3 saturated heterocycles. The SMILES string of the molecule is CC(=O)O.O=C(O)CC[C@]12CN(CCn3cccn3)C[C@H]1CN(C(=O)C1CCOCC1)C2. The van der Waals surface area contributed by atoms with Crippen LogP contribution in [0.1, 0.15) is 32.6 Å². The number of fused-ring (bicyclic) bond motifs is 1. The zero-order chi connectivity index (χ0) is 23.1. The Bertz CT molecular complexity index is 775. The standard InChI is InChI=1S/C20H30N4O4.C2H4O2/c25-18(26)2-5-20-14-22(8-9-24-7-1-6-21-24)12-17(20)13-23(15-20)19(27)16-3-10-28-11-4-16;1-2(3)4/h1,6-7,16-17H,2-5,8-15H2,(H,25,26);1H3,(H,3,4)/t17-,20+;/m0./s1. The van der Waals surface area contributed by atoms with Crippen LogP contribution in [0.25, 0.3) is 0 Å². The Labute approximate surface area is 188 Å². The quantitative estimate of drug-likeness (QED) is 0.631. The first-order valence-electron chi connectivity index (χ1n) is 11.3. The van der Waals surface area contributed by atoms with E-state index in [0.29, 0.717) is 32.1 Å². The molecule has 2 atom stereocenters. The molecular formula is C22H34N4O6. The van der Waals surface area contributed by atoms with E-state index in [1.807, 2.05) is 21.8 Å². The van der Waals surface area contributed by atoms with Gasteiger partial charge in [0.1, 0.15) is 0 Å². The summed E-state index contributed by atoms with van der Waals surface area (Å²) in [6.07, 6.45) is 6.17. The van der Waals surface area contributed by atoms with Crippen molar-refractivity contribution in [2.24, 2.45) is 17.3 Å². The second-order valence-electron chi connectivity index (χ2n) is 9.08. The normalized spacial score (nSPS) is 25.8. The van der Waals surface area contributed by atoms with Crippen LogP contribution in [0.4, 0.5) is 0 Å². The summed E-state index contributed by atoms with van der Waals surface area (Å²) < 4.78 is 7.32. The zero-order valence-electron chi connectivity index (χ0n) is 18.7. The number of carboxylic acids is 2. The second-order valence-corrected chi connectivity index (χ2v) is 9.08. The predicted molar refractivity (Wildman–Crippen MR) is 115 cm³/mol. The number of rotatable bonds is 7. The summed E-state index contributed by atoms with van der Waals surface area (Å²) in [4.78, 5) is 37.7. The first-order valence-corrected chi connectivity index (χ1v) is 11.3. The highest BCUT2D eigenvalue weighted by atomic mass is 16.5. The number of nitrogens with zero attached hydrogens (tertiary/aromatic N) is 4. The van der Waals surface area contributed by atoms with Gasteiger partial charge in [-0.25, -0.2) is 0 Å². The van der Waals surface area contributed by atoms with E-state index in [1.165, 1.54) is 0 Å². The van der Waals surface area contributed by atoms with E-state index in [0.717, 1.165) is 52.5 Å². The topological polar surface area (TPSA) is 125 Å². The third-order valence-corrected chi connectivity index (χ3v) is 6.75. The lowest BCUT2D eigenvalue weighted by Gasteiger charge is -2.31. The van der Waals surface area contributed by atoms with Crippen LogP contribution in [-0.2, 0) is 25.7 Å². The molecule has 1 amide bonds. The van der Waals surface area contributed by atoms with Gasteiger partial charge >= 0.3 is 5.97 Å². The summed E-state index contributed by atoms with van der Waals surface area (Å²) in [6, 6.07) is 1.92. The van der Waals surface area contributed by atoms with E-state index >= 15 is 0 Å². The maximum absolute atomic E-state index is 13.0. The Morgan fingerprint density at radius 2 is 1.84 bits per heavy atom. The monoisotopic (exact) mass is 450 g/mol. The van der Waals surface area contributed by atoms with E-state index in [1.54, 1.807) is 6.20 Å². The van der Waals surface area contributed by atoms with Crippen LogP contribution in [0.3, 0.4) is 0 Å². The Kier molecular flexibility index (Phi) is 8.25. The van der Waals surface area contributed by atoms with Crippen molar-refractivity contribution >= 4 is 17.8 Å². The van der Waals surface area contributed by atoms with Gasteiger partial charge in [-0.1, -0.05) is 0 Å². The molecule has 3 fully saturated rings. The number of ether oxygens (including phenoxy) is 1. The fraction of sp³-hybridized carbons (Fsp3) is 0.727. The zero-order valence-corrected chi connectivity index (χ0v) is 18.7. The molecule has 1 aromatic rings. The fourth-order valence-electron chi connectivity index (χ4n) is 5.22. The van der Waals surface area contributed by atoms with Gasteiger partial charge in [0.2, 0.25) is 5.91 Å². The molecular weight excluding hydrogens is 416 g/mol. The number of hydrogen-bond donors (Lipinski definition) is 2. The Balaban J connectivity index is 0.000000668. The average Bonchev–Trinajstić information content (AvgIpc) is 3.45. The van der Waals surface area contributed by atoms with Crippen LogP contribution < -0.4 is 0 Å². The van der Waals surface area contributed by atoms with Gasteiger partial charge in [-0.2, -0.15) is 5.10 Å². The number of carbonyl (C=O) groups is 3. The largest absolute Gasteiger partial charge is 0.481 e. The number of carboxylic acid groups (broad SMARTS) is 2. The summed E-state index contributed by atoms with van der Waals surface area (Å²) in [6.45, 7) is 7.40. The van der Waals surface area contributed by atoms with Crippen molar-refractivity contribution in [1.82, 2.24) is 19.6 Å². The van der Waals surface area contributed by atoms with Crippen LogP contribution in [0.15, 0.2) is 18.5 Å². The lowest BCUT2D eigenvalue weighted by molar-refractivity contribution is -0.138. The Hall–Kier alpha value is -2.46. The van der Waals surface area contributed by atoms with Crippen molar-refractivity contribution in [2.45, 2.75) is 39.2 Å². The third kappa shape index (κ3) is 6.29. The molecule has 3 aliphatic rings. The van der Waals surface area contributed by atoms with Gasteiger partial charge in [0.15, 0.2) is 0 Å². The molecule has 3 aliphatic heterocycles. The second kappa shape index (κ2) is 10.9. The molecule has 32 heavy (non-hydrogen) atoms. The number of aromatic nitrogens is 2. The molecule has 0 spiro atoms. The van der Waals surface area contributed by atoms with Gasteiger partial charge in [0, 0.05) is 83.0 Å². The maximum Gasteiger partial charge on any atom is 0.303 e. The number of hydrogen-bond acceptors (Lipinski definition) is 6. The predicted octanol–water partition coefficient (Wildman–Crippen LogP) is 1.03. The molecule has 0 aromatic carbocycles. The summed E-state index contributed by atoms with van der Waals surface area (Å²) in [5.74, 6) is -0.916. The molecule has 0 unspecified atom stereocenters. The van der Waals surface area contributed by atoms with Crippen molar-refractivity contribution in [2.75, 3.05) is 45.9 Å². The van der Waals surface area contributed by atoms with Crippen molar-refractivity contribution in [3.8, 4) is 0 Å². The molecule has 0 radical (unpaired) electrons. The highest BCUT2D eigenvalue weighted by Gasteiger charge is 2.53. The van der Waals surface area contributed by atoms with E-state index in [4.69, 9.17) is 14.6 Å². The Morgan fingerprint density at radius 3 is 2.47 bits per heavy atom. The van der Waals surface area contributed by atoms with Gasteiger partial charge in [-0.05, 0) is 31.2 Å². The fourth-order valence-corrected chi connectivity index (χ4v) is 5.22. The number of amides is 1. The number of likely N-dealkylation sites (tertiary alicyclic amines) is 2. The maximum atomic E-state index is 13.0. The third-order valence-electron chi connectivity index (χ3n) is 6.75. The van der Waals surface area contributed by atoms with Crippen molar-refractivity contribution in [3.63, 3.8) is 0 Å². The number of aliphatic carboxylic acids is 2. The summed E-state index contributed by atoms with van der Waals surface area (Å²) in [7, 11) is 0. The highest BCUT2D eigenvalue weighted by molar-refractivity contribution is 5.79. The molecule has 4 heterocycles. The first kappa shape index (κ1) is 24.2. The highest BCUT2D eigenvalue weighted by Crippen LogP contribution is 2.46. The molecule has 10 nitrogen and oxygen atoms in total. The molecule has 1 aromatic heterocycles. The molecule has 0 saturated carbocycles. The van der Waals surface area contributed by atoms with E-state index in [9.17, 15) is 14.7 Å². The molecule has 178 valence electrons. The van der Waals surface area contributed by atoms with Gasteiger partial charge in [-0.15, -0.1) is 0 Å². The van der Waals surface area contributed by atoms with Crippen LogP contribution in [0.2, 0.25) is 0 Å². The smallest absolute Gasteiger partial charge is 0.303 e. The molecule has 2 N–H and O–H groups in total. The van der Waals surface area contributed by atoms with Crippen molar-refractivity contribution in [3.05, 3.63) is 18.5 Å². The van der Waals surface area contributed by atoms with E-state index in [-0.39, 0.29) is 23.7 Å². The summed E-state index contributed by atoms with van der Waals surface area (Å²) in [5, 5.41) is 20.9. The molecule has 10 heteroatoms. The first-order chi connectivity index (χ1) is 15.3. The van der Waals surface area contributed by atoms with Gasteiger partial charge in [-0.3, -0.25) is 19.1 Å². The van der Waals surface area contributed by atoms with Crippen LogP contribution in [0, 0.1) is 17.3 Å². The molecule has 0 aliphatic carbocycles. The van der Waals surface area contributed by atoms with Crippen LogP contribution in [-0.4, -0.2) is 93.6 Å². The van der Waals surface area contributed by atoms with E-state index < -0.39 is 11.9 Å². The minimum Gasteiger partial charge on any atom is -0.481 e. The van der Waals surface area contributed by atoms with Crippen LogP contribution in [0.5, 0.6) is 0 Å². The van der Waals surface area contributed by atoms with Gasteiger partial charge in [0.05, 0.1) is 6.54 Å². The molecule has 4 rings (SSSR count). The average molecular weight is 451 g/mol. The molecule has 0 bridgehead atoms. The number of carbonyl (C=O) groups excluding carboxylic acids is 1.